The molecule has 0 aliphatic carbocycles. The molecule has 7 heteroatoms. The van der Waals surface area contributed by atoms with Crippen LogP contribution in [-0.2, 0) is 9.47 Å². The van der Waals surface area contributed by atoms with Crippen molar-refractivity contribution in [2.75, 3.05) is 39.8 Å². The molecule has 1 atom stereocenters. The third-order valence-corrected chi connectivity index (χ3v) is 2.20. The number of hydrogen-bond donors (Lipinski definition) is 2. The van der Waals surface area contributed by atoms with Gasteiger partial charge in [-0.3, -0.25) is 4.79 Å². The maximum Gasteiger partial charge on any atom is 0.295 e. The molecule has 0 aromatic carbocycles. The van der Waals surface area contributed by atoms with Crippen LogP contribution in [0.15, 0.2) is 11.1 Å². The lowest BCUT2D eigenvalue weighted by Crippen LogP contribution is -2.27. The van der Waals surface area contributed by atoms with E-state index in [0.717, 1.165) is 0 Å². The van der Waals surface area contributed by atoms with Crippen molar-refractivity contribution in [3.8, 4) is 5.75 Å². The predicted octanol–water partition coefficient (Wildman–Crippen LogP) is -0.148. The summed E-state index contributed by atoms with van der Waals surface area (Å²) in [6, 6.07) is 0. The van der Waals surface area contributed by atoms with Crippen molar-refractivity contribution in [1.82, 2.24) is 9.97 Å². The van der Waals surface area contributed by atoms with Crippen molar-refractivity contribution in [3.63, 3.8) is 0 Å². The van der Waals surface area contributed by atoms with E-state index in [1.54, 1.807) is 14.2 Å². The van der Waals surface area contributed by atoms with Crippen molar-refractivity contribution < 1.29 is 14.2 Å². The minimum absolute atomic E-state index is 0.120. The Morgan fingerprint density at radius 1 is 1.47 bits per heavy atom. The summed E-state index contributed by atoms with van der Waals surface area (Å²) in [5.74, 6) is 0.536. The molecule has 1 heterocycles. The van der Waals surface area contributed by atoms with Crippen LogP contribution in [0.25, 0.3) is 0 Å². The topological polar surface area (TPSA) is 85.5 Å². The Kier molecular flexibility index (Phi) is 5.44. The van der Waals surface area contributed by atoms with Gasteiger partial charge in [0.2, 0.25) is 5.75 Å². The quantitative estimate of drug-likeness (QED) is 0.693. The molecule has 2 N–H and O–H groups in total. The van der Waals surface area contributed by atoms with Crippen LogP contribution in [0.4, 0.5) is 5.82 Å². The molecule has 7 nitrogen and oxygen atoms in total. The molecular formula is C10H17N3O4. The second-order valence-corrected chi connectivity index (χ2v) is 3.31. The van der Waals surface area contributed by atoms with Gasteiger partial charge in [0.05, 0.1) is 26.1 Å². The molecule has 96 valence electrons. The van der Waals surface area contributed by atoms with Crippen molar-refractivity contribution in [1.29, 1.82) is 0 Å². The summed E-state index contributed by atoms with van der Waals surface area (Å²) in [4.78, 5) is 17.8. The highest BCUT2D eigenvalue weighted by molar-refractivity contribution is 5.47. The highest BCUT2D eigenvalue weighted by atomic mass is 16.5. The van der Waals surface area contributed by atoms with Crippen molar-refractivity contribution in [2.24, 2.45) is 0 Å². The number of methoxy groups -OCH3 is 3. The van der Waals surface area contributed by atoms with Crippen molar-refractivity contribution in [2.45, 2.75) is 6.10 Å². The number of nitrogens with one attached hydrogen (secondary N) is 2. The van der Waals surface area contributed by atoms with Gasteiger partial charge in [-0.15, -0.1) is 0 Å². The SMILES string of the molecule is COCC(CNc1nc[nH]c(=O)c1OC)OC. The maximum absolute atomic E-state index is 11.4. The molecule has 0 aliphatic rings. The zero-order chi connectivity index (χ0) is 12.7. The van der Waals surface area contributed by atoms with Crippen LogP contribution < -0.4 is 15.6 Å². The number of rotatable bonds is 7. The van der Waals surface area contributed by atoms with Crippen LogP contribution in [0, 0.1) is 0 Å². The van der Waals surface area contributed by atoms with Crippen LogP contribution in [0.2, 0.25) is 0 Å². The molecular weight excluding hydrogens is 226 g/mol. The number of aromatic nitrogens is 2. The molecule has 1 aromatic rings. The van der Waals surface area contributed by atoms with E-state index < -0.39 is 0 Å². The minimum atomic E-state index is -0.328. The van der Waals surface area contributed by atoms with Gasteiger partial charge in [0, 0.05) is 20.8 Å². The zero-order valence-corrected chi connectivity index (χ0v) is 10.1. The molecule has 1 aromatic heterocycles. The first-order valence-corrected chi connectivity index (χ1v) is 5.10. The van der Waals surface area contributed by atoms with E-state index in [1.807, 2.05) is 0 Å². The third kappa shape index (κ3) is 3.72. The first-order chi connectivity index (χ1) is 8.22. The Bertz CT molecular complexity index is 393. The fourth-order valence-corrected chi connectivity index (χ4v) is 1.31. The average molecular weight is 243 g/mol. The van der Waals surface area contributed by atoms with E-state index in [1.165, 1.54) is 13.4 Å². The van der Waals surface area contributed by atoms with E-state index in [2.05, 4.69) is 15.3 Å². The number of H-pyrrole nitrogens is 1. The standard InChI is InChI=1S/C10H17N3O4/c1-15-5-7(16-2)4-11-9-8(17-3)10(14)13-6-12-9/h6-7H,4-5H2,1-3H3,(H2,11,12,13,14). The fourth-order valence-electron chi connectivity index (χ4n) is 1.31. The average Bonchev–Trinajstić information content (AvgIpc) is 2.34. The second-order valence-electron chi connectivity index (χ2n) is 3.31. The fraction of sp³-hybridized carbons (Fsp3) is 0.600. The van der Waals surface area contributed by atoms with E-state index in [0.29, 0.717) is 19.0 Å². The zero-order valence-electron chi connectivity index (χ0n) is 10.1. The monoisotopic (exact) mass is 243 g/mol. The molecule has 0 fully saturated rings. The number of ether oxygens (including phenoxy) is 3. The van der Waals surface area contributed by atoms with Crippen LogP contribution >= 0.6 is 0 Å². The van der Waals surface area contributed by atoms with Gasteiger partial charge in [0.1, 0.15) is 0 Å². The molecule has 0 radical (unpaired) electrons. The minimum Gasteiger partial charge on any atom is -0.489 e. The van der Waals surface area contributed by atoms with Crippen LogP contribution in [0.1, 0.15) is 0 Å². The first kappa shape index (κ1) is 13.5. The normalized spacial score (nSPS) is 12.2. The number of hydrogen-bond acceptors (Lipinski definition) is 6. The van der Waals surface area contributed by atoms with Crippen molar-refractivity contribution >= 4 is 5.82 Å². The molecule has 0 saturated carbocycles. The first-order valence-electron chi connectivity index (χ1n) is 5.10. The Morgan fingerprint density at radius 3 is 2.82 bits per heavy atom. The Hall–Kier alpha value is -1.60. The van der Waals surface area contributed by atoms with Gasteiger partial charge in [0.15, 0.2) is 5.82 Å². The number of anilines is 1. The molecule has 0 amide bonds. The summed E-state index contributed by atoms with van der Waals surface area (Å²) in [6.45, 7) is 0.923. The molecule has 0 saturated heterocycles. The highest BCUT2D eigenvalue weighted by Crippen LogP contribution is 2.14. The van der Waals surface area contributed by atoms with Gasteiger partial charge in [-0.2, -0.15) is 0 Å². The molecule has 0 aliphatic heterocycles. The molecule has 17 heavy (non-hydrogen) atoms. The highest BCUT2D eigenvalue weighted by Gasteiger charge is 2.11. The lowest BCUT2D eigenvalue weighted by Gasteiger charge is -2.16. The summed E-state index contributed by atoms with van der Waals surface area (Å²) in [5.41, 5.74) is -0.328. The number of aromatic amines is 1. The summed E-state index contributed by atoms with van der Waals surface area (Å²) in [6.07, 6.45) is 1.19. The summed E-state index contributed by atoms with van der Waals surface area (Å²) in [7, 11) is 4.60. The molecule has 1 rings (SSSR count). The predicted molar refractivity (Wildman–Crippen MR) is 62.6 cm³/mol. The second kappa shape index (κ2) is 6.87. The number of nitrogens with zero attached hydrogens (tertiary/aromatic N) is 1. The Morgan fingerprint density at radius 2 is 2.24 bits per heavy atom. The van der Waals surface area contributed by atoms with Gasteiger partial charge in [-0.05, 0) is 0 Å². The summed E-state index contributed by atoms with van der Waals surface area (Å²) < 4.78 is 15.1. The van der Waals surface area contributed by atoms with Crippen LogP contribution in [-0.4, -0.2) is 50.6 Å². The lowest BCUT2D eigenvalue weighted by molar-refractivity contribution is 0.0365. The molecule has 1 unspecified atom stereocenters. The Labute approximate surface area is 99.1 Å². The lowest BCUT2D eigenvalue weighted by atomic mass is 10.3. The van der Waals surface area contributed by atoms with Crippen molar-refractivity contribution in [3.05, 3.63) is 16.7 Å². The van der Waals surface area contributed by atoms with Gasteiger partial charge in [0.25, 0.3) is 5.56 Å². The Balaban J connectivity index is 2.68. The van der Waals surface area contributed by atoms with E-state index in [4.69, 9.17) is 14.2 Å². The van der Waals surface area contributed by atoms with E-state index >= 15 is 0 Å². The van der Waals surface area contributed by atoms with Crippen LogP contribution in [0.3, 0.4) is 0 Å². The van der Waals surface area contributed by atoms with Crippen LogP contribution in [0.5, 0.6) is 5.75 Å². The third-order valence-electron chi connectivity index (χ3n) is 2.20. The van der Waals surface area contributed by atoms with Gasteiger partial charge in [-0.25, -0.2) is 4.98 Å². The summed E-state index contributed by atoms with van der Waals surface area (Å²) in [5, 5.41) is 2.98. The van der Waals surface area contributed by atoms with Gasteiger partial charge < -0.3 is 24.5 Å². The largest absolute Gasteiger partial charge is 0.489 e. The van der Waals surface area contributed by atoms with Gasteiger partial charge in [-0.1, -0.05) is 0 Å². The summed E-state index contributed by atoms with van der Waals surface area (Å²) >= 11 is 0. The van der Waals surface area contributed by atoms with E-state index in [9.17, 15) is 4.79 Å². The maximum atomic E-state index is 11.4. The smallest absolute Gasteiger partial charge is 0.295 e. The van der Waals surface area contributed by atoms with Gasteiger partial charge >= 0.3 is 0 Å². The van der Waals surface area contributed by atoms with E-state index in [-0.39, 0.29) is 17.4 Å². The molecule has 0 bridgehead atoms. The molecule has 0 spiro atoms.